The molecule has 0 atom stereocenters. The molecule has 0 radical (unpaired) electrons. The first-order valence-corrected chi connectivity index (χ1v) is 7.66. The molecule has 2 aromatic rings. The Morgan fingerprint density at radius 3 is 2.33 bits per heavy atom. The molecule has 2 aromatic carbocycles. The van der Waals surface area contributed by atoms with Gasteiger partial charge in [-0.25, -0.2) is 13.6 Å². The lowest BCUT2D eigenvalue weighted by atomic mass is 10.1. The smallest absolute Gasteiger partial charge is 0.225 e. The molecule has 18 heavy (non-hydrogen) atoms. The van der Waals surface area contributed by atoms with E-state index < -0.39 is 10.0 Å². The average Bonchev–Trinajstić information content (AvgIpc) is 2.28. The Kier molecular flexibility index (Phi) is 3.85. The molecular weight excluding hydrogens is 314 g/mol. The summed E-state index contributed by atoms with van der Waals surface area (Å²) in [5.74, 6) is 0. The van der Waals surface area contributed by atoms with Crippen LogP contribution in [0.15, 0.2) is 57.9 Å². The summed E-state index contributed by atoms with van der Waals surface area (Å²) >= 11 is 3.34. The first kappa shape index (κ1) is 13.3. The van der Waals surface area contributed by atoms with Crippen LogP contribution in [-0.4, -0.2) is 8.42 Å². The van der Waals surface area contributed by atoms with Crippen LogP contribution in [0.25, 0.3) is 0 Å². The minimum atomic E-state index is -3.69. The zero-order valence-corrected chi connectivity index (χ0v) is 11.9. The molecule has 3 nitrogen and oxygen atoms in total. The molecular formula is C13H12BrNO2S. The van der Waals surface area contributed by atoms with E-state index in [4.69, 9.17) is 5.14 Å². The highest BCUT2D eigenvalue weighted by molar-refractivity contribution is 9.10. The molecule has 2 N–H and O–H groups in total. The molecule has 0 aromatic heterocycles. The fourth-order valence-corrected chi connectivity index (χ4v) is 2.94. The predicted molar refractivity (Wildman–Crippen MR) is 74.8 cm³/mol. The Morgan fingerprint density at radius 2 is 1.72 bits per heavy atom. The van der Waals surface area contributed by atoms with Crippen LogP contribution in [0.2, 0.25) is 0 Å². The van der Waals surface area contributed by atoms with E-state index in [-0.39, 0.29) is 4.90 Å². The second-order valence-electron chi connectivity index (χ2n) is 3.96. The molecule has 0 aliphatic carbocycles. The maximum absolute atomic E-state index is 11.5. The first-order chi connectivity index (χ1) is 8.47. The van der Waals surface area contributed by atoms with Gasteiger partial charge in [-0.1, -0.05) is 46.3 Å². The van der Waals surface area contributed by atoms with Crippen LogP contribution in [0.4, 0.5) is 0 Å². The van der Waals surface area contributed by atoms with Crippen LogP contribution in [0, 0.1) is 0 Å². The second-order valence-corrected chi connectivity index (χ2v) is 6.40. The van der Waals surface area contributed by atoms with Gasteiger partial charge in [0.2, 0.25) is 10.0 Å². The fourth-order valence-electron chi connectivity index (χ4n) is 1.78. The van der Waals surface area contributed by atoms with Crippen molar-refractivity contribution in [1.82, 2.24) is 0 Å². The number of benzene rings is 2. The molecule has 0 unspecified atom stereocenters. The number of halogens is 1. The Labute approximate surface area is 115 Å². The van der Waals surface area contributed by atoms with Crippen molar-refractivity contribution in [3.05, 3.63) is 64.1 Å². The van der Waals surface area contributed by atoms with Crippen molar-refractivity contribution in [1.29, 1.82) is 0 Å². The van der Waals surface area contributed by atoms with Gasteiger partial charge in [0.25, 0.3) is 0 Å². The second kappa shape index (κ2) is 5.22. The van der Waals surface area contributed by atoms with Crippen molar-refractivity contribution in [3.63, 3.8) is 0 Å². The van der Waals surface area contributed by atoms with Gasteiger partial charge in [-0.05, 0) is 35.7 Å². The maximum Gasteiger partial charge on any atom is 0.238 e. The fraction of sp³-hybridized carbons (Fsp3) is 0.0769. The minimum Gasteiger partial charge on any atom is -0.225 e. The van der Waals surface area contributed by atoms with Crippen molar-refractivity contribution in [3.8, 4) is 0 Å². The number of hydrogen-bond donors (Lipinski definition) is 1. The van der Waals surface area contributed by atoms with E-state index in [0.29, 0.717) is 12.0 Å². The number of rotatable bonds is 3. The van der Waals surface area contributed by atoms with Crippen molar-refractivity contribution in [2.75, 3.05) is 0 Å². The topological polar surface area (TPSA) is 60.2 Å². The summed E-state index contributed by atoms with van der Waals surface area (Å²) in [5, 5.41) is 5.22. The Balaban J connectivity index is 2.47. The van der Waals surface area contributed by atoms with Crippen molar-refractivity contribution >= 4 is 26.0 Å². The molecule has 0 saturated heterocycles. The van der Waals surface area contributed by atoms with Gasteiger partial charge in [-0.3, -0.25) is 0 Å². The highest BCUT2D eigenvalue weighted by Crippen LogP contribution is 2.22. The third-order valence-electron chi connectivity index (χ3n) is 2.57. The molecule has 0 amide bonds. The van der Waals surface area contributed by atoms with Crippen LogP contribution in [0.5, 0.6) is 0 Å². The summed E-state index contributed by atoms with van der Waals surface area (Å²) in [7, 11) is -3.69. The summed E-state index contributed by atoms with van der Waals surface area (Å²) in [4.78, 5) is 0.176. The molecule has 0 saturated carbocycles. The molecule has 0 aliphatic heterocycles. The van der Waals surface area contributed by atoms with Gasteiger partial charge in [-0.2, -0.15) is 0 Å². The highest BCUT2D eigenvalue weighted by atomic mass is 79.9. The molecule has 0 spiro atoms. The Bertz CT molecular complexity index is 654. The molecule has 94 valence electrons. The first-order valence-electron chi connectivity index (χ1n) is 5.32. The quantitative estimate of drug-likeness (QED) is 0.943. The van der Waals surface area contributed by atoms with E-state index in [1.165, 1.54) is 6.07 Å². The van der Waals surface area contributed by atoms with Gasteiger partial charge in [0.1, 0.15) is 0 Å². The van der Waals surface area contributed by atoms with Gasteiger partial charge in [0.05, 0.1) is 4.90 Å². The number of nitrogens with two attached hydrogens (primary N) is 1. The lowest BCUT2D eigenvalue weighted by Gasteiger charge is -2.08. The van der Waals surface area contributed by atoms with Crippen LogP contribution < -0.4 is 5.14 Å². The van der Waals surface area contributed by atoms with Gasteiger partial charge in [-0.15, -0.1) is 0 Å². The van der Waals surface area contributed by atoms with Crippen LogP contribution in [-0.2, 0) is 16.4 Å². The molecule has 0 aliphatic rings. The van der Waals surface area contributed by atoms with E-state index in [1.807, 2.05) is 30.3 Å². The lowest BCUT2D eigenvalue weighted by Crippen LogP contribution is -2.14. The summed E-state index contributed by atoms with van der Waals surface area (Å²) in [6.45, 7) is 0. The maximum atomic E-state index is 11.5. The molecule has 0 heterocycles. The molecule has 0 bridgehead atoms. The largest absolute Gasteiger partial charge is 0.238 e. The summed E-state index contributed by atoms with van der Waals surface area (Å²) in [6, 6.07) is 14.7. The summed E-state index contributed by atoms with van der Waals surface area (Å²) < 4.78 is 23.9. The third kappa shape index (κ3) is 3.19. The number of hydrogen-bond acceptors (Lipinski definition) is 2. The summed E-state index contributed by atoms with van der Waals surface area (Å²) in [5.41, 5.74) is 1.73. The minimum absolute atomic E-state index is 0.176. The average molecular weight is 326 g/mol. The monoisotopic (exact) mass is 325 g/mol. The van der Waals surface area contributed by atoms with E-state index in [2.05, 4.69) is 15.9 Å². The molecule has 0 fully saturated rings. The molecule has 2 rings (SSSR count). The third-order valence-corrected chi connectivity index (χ3v) is 4.07. The van der Waals surface area contributed by atoms with Crippen molar-refractivity contribution in [2.24, 2.45) is 5.14 Å². The Morgan fingerprint density at radius 1 is 1.06 bits per heavy atom. The normalized spacial score (nSPS) is 11.4. The van der Waals surface area contributed by atoms with Gasteiger partial charge in [0, 0.05) is 4.47 Å². The van der Waals surface area contributed by atoms with E-state index in [1.54, 1.807) is 12.1 Å². The Hall–Kier alpha value is -1.17. The predicted octanol–water partition coefficient (Wildman–Crippen LogP) is 2.69. The van der Waals surface area contributed by atoms with E-state index in [0.717, 1.165) is 10.0 Å². The van der Waals surface area contributed by atoms with Crippen LogP contribution in [0.1, 0.15) is 11.1 Å². The highest BCUT2D eigenvalue weighted by Gasteiger charge is 2.14. The number of primary sulfonamides is 1. The molecule has 5 heteroatoms. The van der Waals surface area contributed by atoms with Crippen molar-refractivity contribution in [2.45, 2.75) is 11.3 Å². The van der Waals surface area contributed by atoms with E-state index in [9.17, 15) is 8.42 Å². The number of sulfonamides is 1. The van der Waals surface area contributed by atoms with Gasteiger partial charge >= 0.3 is 0 Å². The standard InChI is InChI=1S/C13H12BrNO2S/c14-12-6-7-13(18(15,16)17)11(9-12)8-10-4-2-1-3-5-10/h1-7,9H,8H2,(H2,15,16,17). The lowest BCUT2D eigenvalue weighted by molar-refractivity contribution is 0.597. The van der Waals surface area contributed by atoms with Gasteiger partial charge < -0.3 is 0 Å². The van der Waals surface area contributed by atoms with E-state index >= 15 is 0 Å². The van der Waals surface area contributed by atoms with Crippen LogP contribution in [0.3, 0.4) is 0 Å². The SMILES string of the molecule is NS(=O)(=O)c1ccc(Br)cc1Cc1ccccc1. The van der Waals surface area contributed by atoms with Crippen molar-refractivity contribution < 1.29 is 8.42 Å². The van der Waals surface area contributed by atoms with Crippen LogP contribution >= 0.6 is 15.9 Å². The van der Waals surface area contributed by atoms with Gasteiger partial charge in [0.15, 0.2) is 0 Å². The zero-order valence-electron chi connectivity index (χ0n) is 9.51. The zero-order chi connectivity index (χ0) is 13.2. The summed E-state index contributed by atoms with van der Waals surface area (Å²) in [6.07, 6.45) is 0.534.